The normalized spacial score (nSPS) is 10.2. The van der Waals surface area contributed by atoms with Crippen molar-refractivity contribution in [3.8, 4) is 10.7 Å². The zero-order valence-corrected chi connectivity index (χ0v) is 7.79. The average Bonchev–Trinajstić information content (AvgIpc) is 2.71. The summed E-state index contributed by atoms with van der Waals surface area (Å²) < 4.78 is 0. The third kappa shape index (κ3) is 1.74. The lowest BCUT2D eigenvalue weighted by molar-refractivity contribution is 0.971. The minimum Gasteiger partial charge on any atom is -0.325 e. The van der Waals surface area contributed by atoms with Crippen LogP contribution in [-0.4, -0.2) is 9.97 Å². The first-order valence-electron chi connectivity index (χ1n) is 3.96. The zero-order valence-electron chi connectivity index (χ0n) is 6.97. The molecule has 4 heteroatoms. The van der Waals surface area contributed by atoms with E-state index in [4.69, 9.17) is 5.73 Å². The molecule has 2 aromatic rings. The first kappa shape index (κ1) is 8.34. The molecule has 3 nitrogen and oxygen atoms in total. The fourth-order valence-corrected chi connectivity index (χ4v) is 1.70. The Balaban J connectivity index is 2.41. The number of nitrogens with two attached hydrogens (primary N) is 1. The Hall–Kier alpha value is -1.26. The second-order valence-corrected chi connectivity index (χ2v) is 3.50. The lowest BCUT2D eigenvalue weighted by Crippen LogP contribution is -2.00. The Morgan fingerprint density at radius 3 is 3.00 bits per heavy atom. The maximum atomic E-state index is 5.49. The molecular weight excluding hydrogens is 182 g/mol. The molecule has 0 amide bonds. The van der Waals surface area contributed by atoms with Crippen LogP contribution in [-0.2, 0) is 6.54 Å². The van der Waals surface area contributed by atoms with Crippen LogP contribution in [0.2, 0.25) is 0 Å². The second kappa shape index (κ2) is 3.64. The van der Waals surface area contributed by atoms with Crippen molar-refractivity contribution >= 4 is 11.3 Å². The van der Waals surface area contributed by atoms with Crippen LogP contribution in [0.5, 0.6) is 0 Å². The van der Waals surface area contributed by atoms with E-state index in [0.29, 0.717) is 6.54 Å². The standard InChI is InChI=1S/C9H9N3S/c10-6-7-3-4-11-9(12-7)8-2-1-5-13-8/h1-5H,6,10H2. The third-order valence-electron chi connectivity index (χ3n) is 1.66. The van der Waals surface area contributed by atoms with Gasteiger partial charge < -0.3 is 5.73 Å². The predicted octanol–water partition coefficient (Wildman–Crippen LogP) is 1.66. The van der Waals surface area contributed by atoms with Gasteiger partial charge in [0.1, 0.15) is 0 Å². The highest BCUT2D eigenvalue weighted by Crippen LogP contribution is 2.20. The zero-order chi connectivity index (χ0) is 9.10. The van der Waals surface area contributed by atoms with E-state index in [2.05, 4.69) is 9.97 Å². The monoisotopic (exact) mass is 191 g/mol. The topological polar surface area (TPSA) is 51.8 Å². The summed E-state index contributed by atoms with van der Waals surface area (Å²) in [5, 5.41) is 2.01. The molecule has 0 aliphatic rings. The Bertz CT molecular complexity index is 384. The van der Waals surface area contributed by atoms with Crippen molar-refractivity contribution in [3.63, 3.8) is 0 Å². The SMILES string of the molecule is NCc1ccnc(-c2cccs2)n1. The van der Waals surface area contributed by atoms with E-state index >= 15 is 0 Å². The molecule has 0 aliphatic carbocycles. The minimum absolute atomic E-state index is 0.459. The third-order valence-corrected chi connectivity index (χ3v) is 2.53. The molecule has 66 valence electrons. The van der Waals surface area contributed by atoms with Crippen LogP contribution in [0, 0.1) is 0 Å². The molecule has 0 spiro atoms. The molecule has 0 fully saturated rings. The van der Waals surface area contributed by atoms with Gasteiger partial charge in [0.25, 0.3) is 0 Å². The quantitative estimate of drug-likeness (QED) is 0.785. The van der Waals surface area contributed by atoms with Crippen molar-refractivity contribution in [1.29, 1.82) is 0 Å². The molecule has 0 unspecified atom stereocenters. The fraction of sp³-hybridized carbons (Fsp3) is 0.111. The number of rotatable bonds is 2. The predicted molar refractivity (Wildman–Crippen MR) is 53.2 cm³/mol. The minimum atomic E-state index is 0.459. The van der Waals surface area contributed by atoms with Gasteiger partial charge in [0.2, 0.25) is 0 Å². The highest BCUT2D eigenvalue weighted by molar-refractivity contribution is 7.13. The lowest BCUT2D eigenvalue weighted by Gasteiger charge is -1.98. The molecule has 0 bridgehead atoms. The number of thiophene rings is 1. The average molecular weight is 191 g/mol. The highest BCUT2D eigenvalue weighted by atomic mass is 32.1. The van der Waals surface area contributed by atoms with Gasteiger partial charge in [0, 0.05) is 12.7 Å². The Morgan fingerprint density at radius 2 is 2.31 bits per heavy atom. The van der Waals surface area contributed by atoms with E-state index < -0.39 is 0 Å². The maximum absolute atomic E-state index is 5.49. The summed E-state index contributed by atoms with van der Waals surface area (Å²) in [7, 11) is 0. The van der Waals surface area contributed by atoms with Crippen LogP contribution in [0.15, 0.2) is 29.8 Å². The van der Waals surface area contributed by atoms with Gasteiger partial charge in [-0.25, -0.2) is 9.97 Å². The summed E-state index contributed by atoms with van der Waals surface area (Å²) in [4.78, 5) is 9.56. The highest BCUT2D eigenvalue weighted by Gasteiger charge is 2.01. The molecule has 2 aromatic heterocycles. The van der Waals surface area contributed by atoms with Gasteiger partial charge in [-0.05, 0) is 17.5 Å². The van der Waals surface area contributed by atoms with Crippen LogP contribution < -0.4 is 5.73 Å². The lowest BCUT2D eigenvalue weighted by atomic mass is 10.4. The first-order valence-corrected chi connectivity index (χ1v) is 4.84. The van der Waals surface area contributed by atoms with Crippen LogP contribution >= 0.6 is 11.3 Å². The summed E-state index contributed by atoms with van der Waals surface area (Å²) in [5.41, 5.74) is 6.36. The van der Waals surface area contributed by atoms with Gasteiger partial charge in [-0.3, -0.25) is 0 Å². The molecule has 0 aliphatic heterocycles. The molecule has 2 heterocycles. The van der Waals surface area contributed by atoms with Crippen molar-refractivity contribution in [2.24, 2.45) is 5.73 Å². The van der Waals surface area contributed by atoms with E-state index in [1.807, 2.05) is 23.6 Å². The van der Waals surface area contributed by atoms with E-state index in [-0.39, 0.29) is 0 Å². The largest absolute Gasteiger partial charge is 0.325 e. The number of nitrogens with zero attached hydrogens (tertiary/aromatic N) is 2. The summed E-state index contributed by atoms with van der Waals surface area (Å²) in [6.45, 7) is 0.459. The molecule has 2 N–H and O–H groups in total. The Kier molecular flexibility index (Phi) is 2.33. The number of hydrogen-bond donors (Lipinski definition) is 1. The molecule has 2 rings (SSSR count). The Morgan fingerprint density at radius 1 is 1.38 bits per heavy atom. The molecule has 0 radical (unpaired) electrons. The molecule has 0 saturated heterocycles. The van der Waals surface area contributed by atoms with Crippen molar-refractivity contribution in [1.82, 2.24) is 9.97 Å². The van der Waals surface area contributed by atoms with Crippen molar-refractivity contribution < 1.29 is 0 Å². The van der Waals surface area contributed by atoms with Crippen LogP contribution in [0.25, 0.3) is 10.7 Å². The number of aromatic nitrogens is 2. The van der Waals surface area contributed by atoms with E-state index in [1.165, 1.54) is 0 Å². The first-order chi connectivity index (χ1) is 6.40. The van der Waals surface area contributed by atoms with Gasteiger partial charge in [-0.15, -0.1) is 11.3 Å². The van der Waals surface area contributed by atoms with Crippen molar-refractivity contribution in [2.45, 2.75) is 6.54 Å². The summed E-state index contributed by atoms with van der Waals surface area (Å²) in [5.74, 6) is 0.762. The summed E-state index contributed by atoms with van der Waals surface area (Å²) in [6, 6.07) is 5.82. The van der Waals surface area contributed by atoms with Crippen LogP contribution in [0.3, 0.4) is 0 Å². The second-order valence-electron chi connectivity index (χ2n) is 2.55. The van der Waals surface area contributed by atoms with Crippen molar-refractivity contribution in [2.75, 3.05) is 0 Å². The fourth-order valence-electron chi connectivity index (χ4n) is 1.03. The maximum Gasteiger partial charge on any atom is 0.169 e. The molecule has 0 saturated carbocycles. The smallest absolute Gasteiger partial charge is 0.169 e. The summed E-state index contributed by atoms with van der Waals surface area (Å²) in [6.07, 6.45) is 1.74. The Labute approximate surface area is 80.3 Å². The number of hydrogen-bond acceptors (Lipinski definition) is 4. The van der Waals surface area contributed by atoms with E-state index in [1.54, 1.807) is 17.5 Å². The molecule has 0 atom stereocenters. The van der Waals surface area contributed by atoms with Crippen LogP contribution in [0.4, 0.5) is 0 Å². The van der Waals surface area contributed by atoms with Crippen molar-refractivity contribution in [3.05, 3.63) is 35.5 Å². The summed E-state index contributed by atoms with van der Waals surface area (Å²) >= 11 is 1.63. The van der Waals surface area contributed by atoms with Gasteiger partial charge in [0.05, 0.1) is 10.6 Å². The van der Waals surface area contributed by atoms with Gasteiger partial charge in [-0.1, -0.05) is 6.07 Å². The van der Waals surface area contributed by atoms with Gasteiger partial charge >= 0.3 is 0 Å². The van der Waals surface area contributed by atoms with E-state index in [0.717, 1.165) is 16.4 Å². The van der Waals surface area contributed by atoms with Gasteiger partial charge in [0.15, 0.2) is 5.82 Å². The van der Waals surface area contributed by atoms with Gasteiger partial charge in [-0.2, -0.15) is 0 Å². The van der Waals surface area contributed by atoms with Crippen LogP contribution in [0.1, 0.15) is 5.69 Å². The van der Waals surface area contributed by atoms with E-state index in [9.17, 15) is 0 Å². The molecule has 13 heavy (non-hydrogen) atoms. The molecule has 0 aromatic carbocycles. The molecular formula is C9H9N3S.